The van der Waals surface area contributed by atoms with Crippen LogP contribution in [0.15, 0.2) is 0 Å². The normalized spacial score (nSPS) is 37.2. The second-order valence-corrected chi connectivity index (χ2v) is 6.23. The highest BCUT2D eigenvalue weighted by molar-refractivity contribution is 6.24. The lowest BCUT2D eigenvalue weighted by molar-refractivity contribution is -0.143. The monoisotopic (exact) mass is 244 g/mol. The number of carboxylic acids is 1. The third kappa shape index (κ3) is 2.53. The third-order valence-corrected chi connectivity index (χ3v) is 5.19. The lowest BCUT2D eigenvalue weighted by atomic mass is 9.70. The standard InChI is InChI=1S/C13H21ClO2/c14-13(11-4-2-1-3-5-11)8-6-10(7-9-13)12(15)16/h10-11H,1-9H2,(H,15,16). The number of carbonyl (C=O) groups is 1. The van der Waals surface area contributed by atoms with Gasteiger partial charge < -0.3 is 5.11 Å². The van der Waals surface area contributed by atoms with E-state index in [1.54, 1.807) is 0 Å². The summed E-state index contributed by atoms with van der Waals surface area (Å²) in [7, 11) is 0. The van der Waals surface area contributed by atoms with Gasteiger partial charge in [0.2, 0.25) is 0 Å². The van der Waals surface area contributed by atoms with Gasteiger partial charge in [0.05, 0.1) is 5.92 Å². The first kappa shape index (κ1) is 12.2. The van der Waals surface area contributed by atoms with E-state index in [-0.39, 0.29) is 10.8 Å². The summed E-state index contributed by atoms with van der Waals surface area (Å²) in [6.45, 7) is 0. The van der Waals surface area contributed by atoms with Crippen molar-refractivity contribution in [1.29, 1.82) is 0 Å². The maximum Gasteiger partial charge on any atom is 0.306 e. The summed E-state index contributed by atoms with van der Waals surface area (Å²) in [6.07, 6.45) is 9.81. The van der Waals surface area contributed by atoms with Crippen LogP contribution in [0.1, 0.15) is 57.8 Å². The van der Waals surface area contributed by atoms with Gasteiger partial charge in [-0.15, -0.1) is 11.6 Å². The Hall–Kier alpha value is -0.240. The SMILES string of the molecule is O=C(O)C1CCC(Cl)(C2CCCCC2)CC1. The van der Waals surface area contributed by atoms with Crippen LogP contribution in [0, 0.1) is 11.8 Å². The number of alkyl halides is 1. The molecular formula is C13H21ClO2. The molecule has 2 saturated carbocycles. The molecule has 0 unspecified atom stereocenters. The average molecular weight is 245 g/mol. The molecule has 2 fully saturated rings. The molecule has 0 aromatic rings. The van der Waals surface area contributed by atoms with Crippen LogP contribution in [0.25, 0.3) is 0 Å². The van der Waals surface area contributed by atoms with Crippen molar-refractivity contribution in [2.45, 2.75) is 62.7 Å². The zero-order valence-corrected chi connectivity index (χ0v) is 10.5. The van der Waals surface area contributed by atoms with E-state index < -0.39 is 5.97 Å². The predicted molar refractivity (Wildman–Crippen MR) is 64.8 cm³/mol. The fraction of sp³-hybridized carbons (Fsp3) is 0.923. The second kappa shape index (κ2) is 4.95. The summed E-state index contributed by atoms with van der Waals surface area (Å²) < 4.78 is 0. The fourth-order valence-corrected chi connectivity index (χ4v) is 3.81. The Morgan fingerprint density at radius 3 is 2.12 bits per heavy atom. The minimum atomic E-state index is -0.637. The molecule has 16 heavy (non-hydrogen) atoms. The summed E-state index contributed by atoms with van der Waals surface area (Å²) in [4.78, 5) is 10.8. The third-order valence-electron chi connectivity index (χ3n) is 4.50. The fourth-order valence-electron chi connectivity index (χ4n) is 3.37. The highest BCUT2D eigenvalue weighted by Gasteiger charge is 2.41. The molecule has 0 aliphatic heterocycles. The van der Waals surface area contributed by atoms with Crippen LogP contribution >= 0.6 is 11.6 Å². The molecule has 2 aliphatic carbocycles. The molecule has 0 aromatic heterocycles. The van der Waals surface area contributed by atoms with Crippen LogP contribution in [0.2, 0.25) is 0 Å². The van der Waals surface area contributed by atoms with Crippen LogP contribution in [0.3, 0.4) is 0 Å². The molecule has 1 N–H and O–H groups in total. The number of rotatable bonds is 2. The highest BCUT2D eigenvalue weighted by Crippen LogP contribution is 2.47. The van der Waals surface area contributed by atoms with Gasteiger partial charge in [-0.05, 0) is 44.4 Å². The first-order chi connectivity index (χ1) is 7.62. The van der Waals surface area contributed by atoms with Crippen LogP contribution in [-0.2, 0) is 4.79 Å². The summed E-state index contributed by atoms with van der Waals surface area (Å²) in [5, 5.41) is 8.98. The molecule has 0 aromatic carbocycles. The molecule has 2 aliphatic rings. The molecule has 0 saturated heterocycles. The maximum absolute atomic E-state index is 10.9. The Kier molecular flexibility index (Phi) is 3.78. The van der Waals surface area contributed by atoms with E-state index in [9.17, 15) is 4.79 Å². The summed E-state index contributed by atoms with van der Waals surface area (Å²) >= 11 is 6.73. The molecular weight excluding hydrogens is 224 g/mol. The molecule has 2 nitrogen and oxygen atoms in total. The van der Waals surface area contributed by atoms with E-state index in [1.807, 2.05) is 0 Å². The van der Waals surface area contributed by atoms with E-state index >= 15 is 0 Å². The molecule has 0 radical (unpaired) electrons. The van der Waals surface area contributed by atoms with Gasteiger partial charge >= 0.3 is 5.97 Å². The quantitative estimate of drug-likeness (QED) is 0.750. The van der Waals surface area contributed by atoms with Gasteiger partial charge in [-0.3, -0.25) is 4.79 Å². The number of hydrogen-bond acceptors (Lipinski definition) is 1. The van der Waals surface area contributed by atoms with Gasteiger partial charge in [-0.2, -0.15) is 0 Å². The molecule has 3 heteroatoms. The van der Waals surface area contributed by atoms with Crippen molar-refractivity contribution in [1.82, 2.24) is 0 Å². The second-order valence-electron chi connectivity index (χ2n) is 5.48. The Bertz CT molecular complexity index is 251. The van der Waals surface area contributed by atoms with Crippen LogP contribution in [0.4, 0.5) is 0 Å². The molecule has 0 amide bonds. The Morgan fingerprint density at radius 1 is 1.06 bits per heavy atom. The molecule has 92 valence electrons. The average Bonchev–Trinajstić information content (AvgIpc) is 2.31. The van der Waals surface area contributed by atoms with E-state index in [0.717, 1.165) is 25.7 Å². The van der Waals surface area contributed by atoms with E-state index in [2.05, 4.69) is 0 Å². The number of hydrogen-bond donors (Lipinski definition) is 1. The smallest absolute Gasteiger partial charge is 0.306 e. The van der Waals surface area contributed by atoms with Gasteiger partial charge in [-0.25, -0.2) is 0 Å². The topological polar surface area (TPSA) is 37.3 Å². The number of halogens is 1. The summed E-state index contributed by atoms with van der Waals surface area (Å²) in [6, 6.07) is 0. The van der Waals surface area contributed by atoms with Crippen LogP contribution in [-0.4, -0.2) is 16.0 Å². The predicted octanol–water partition coefficient (Wildman–Crippen LogP) is 3.82. The minimum absolute atomic E-state index is 0.0770. The van der Waals surface area contributed by atoms with Crippen molar-refractivity contribution in [3.8, 4) is 0 Å². The van der Waals surface area contributed by atoms with Crippen molar-refractivity contribution in [2.24, 2.45) is 11.8 Å². The van der Waals surface area contributed by atoms with Crippen LogP contribution < -0.4 is 0 Å². The van der Waals surface area contributed by atoms with Crippen molar-refractivity contribution < 1.29 is 9.90 Å². The zero-order valence-electron chi connectivity index (χ0n) is 9.75. The lowest BCUT2D eigenvalue weighted by Crippen LogP contribution is -2.38. The molecule has 0 heterocycles. The number of carboxylic acid groups (broad SMARTS) is 1. The zero-order chi connectivity index (χ0) is 11.6. The first-order valence-corrected chi connectivity index (χ1v) is 6.91. The number of aliphatic carboxylic acids is 1. The lowest BCUT2D eigenvalue weighted by Gasteiger charge is -2.42. The highest BCUT2D eigenvalue weighted by atomic mass is 35.5. The summed E-state index contributed by atoms with van der Waals surface area (Å²) in [5.74, 6) is -0.143. The van der Waals surface area contributed by atoms with Gasteiger partial charge in [0.15, 0.2) is 0 Å². The van der Waals surface area contributed by atoms with Crippen molar-refractivity contribution in [3.05, 3.63) is 0 Å². The summed E-state index contributed by atoms with van der Waals surface area (Å²) in [5.41, 5.74) is 0. The minimum Gasteiger partial charge on any atom is -0.481 e. The molecule has 2 rings (SSSR count). The van der Waals surface area contributed by atoms with Crippen LogP contribution in [0.5, 0.6) is 0 Å². The Labute approximate surface area is 102 Å². The van der Waals surface area contributed by atoms with E-state index in [1.165, 1.54) is 32.1 Å². The van der Waals surface area contributed by atoms with Gasteiger partial charge in [0.1, 0.15) is 0 Å². The van der Waals surface area contributed by atoms with E-state index in [4.69, 9.17) is 16.7 Å². The molecule has 0 bridgehead atoms. The molecule has 0 atom stereocenters. The van der Waals surface area contributed by atoms with Crippen molar-refractivity contribution in [2.75, 3.05) is 0 Å². The van der Waals surface area contributed by atoms with Crippen molar-refractivity contribution in [3.63, 3.8) is 0 Å². The first-order valence-electron chi connectivity index (χ1n) is 6.53. The Balaban J connectivity index is 1.92. The maximum atomic E-state index is 10.9. The molecule has 0 spiro atoms. The van der Waals surface area contributed by atoms with Gasteiger partial charge in [0, 0.05) is 4.87 Å². The van der Waals surface area contributed by atoms with Gasteiger partial charge in [-0.1, -0.05) is 19.3 Å². The van der Waals surface area contributed by atoms with E-state index in [0.29, 0.717) is 5.92 Å². The largest absolute Gasteiger partial charge is 0.481 e. The Morgan fingerprint density at radius 2 is 1.62 bits per heavy atom. The van der Waals surface area contributed by atoms with Crippen molar-refractivity contribution >= 4 is 17.6 Å². The van der Waals surface area contributed by atoms with Gasteiger partial charge in [0.25, 0.3) is 0 Å².